The second-order valence-corrected chi connectivity index (χ2v) is 4.51. The zero-order valence-corrected chi connectivity index (χ0v) is 10.6. The average Bonchev–Trinajstić information content (AvgIpc) is 2.25. The van der Waals surface area contributed by atoms with Crippen LogP contribution in [0.5, 0.6) is 0 Å². The lowest BCUT2D eigenvalue weighted by atomic mass is 10.2. The third-order valence-electron chi connectivity index (χ3n) is 2.25. The van der Waals surface area contributed by atoms with Gasteiger partial charge in [-0.25, -0.2) is 0 Å². The molecule has 0 rings (SSSR count). The van der Waals surface area contributed by atoms with E-state index < -0.39 is 0 Å². The van der Waals surface area contributed by atoms with Gasteiger partial charge in [0.1, 0.15) is 0 Å². The molecule has 16 heavy (non-hydrogen) atoms. The summed E-state index contributed by atoms with van der Waals surface area (Å²) in [5, 5.41) is 14.5. The Hall–Kier alpha value is -0.610. The molecule has 0 aliphatic heterocycles. The Kier molecular flexibility index (Phi) is 10.5. The molecule has 1 amide bonds. The normalized spacial score (nSPS) is 10.8. The number of aliphatic hydroxyl groups is 1. The van der Waals surface area contributed by atoms with Crippen molar-refractivity contribution in [3.05, 3.63) is 0 Å². The predicted octanol–water partition coefficient (Wildman–Crippen LogP) is 0.901. The van der Waals surface area contributed by atoms with Crippen LogP contribution in [0.1, 0.15) is 39.5 Å². The van der Waals surface area contributed by atoms with Crippen LogP contribution in [0.3, 0.4) is 0 Å². The van der Waals surface area contributed by atoms with Crippen LogP contribution in [-0.2, 0) is 4.79 Å². The van der Waals surface area contributed by atoms with Gasteiger partial charge in [0.2, 0.25) is 5.91 Å². The van der Waals surface area contributed by atoms with Crippen LogP contribution in [-0.4, -0.2) is 37.3 Å². The monoisotopic (exact) mass is 230 g/mol. The summed E-state index contributed by atoms with van der Waals surface area (Å²) in [6, 6.07) is 0. The molecule has 0 saturated carbocycles. The standard InChI is InChI=1S/C12H26N2O2/c1-11(2)9-14-12(16)10-13-7-5-3-4-6-8-15/h11,13,15H,3-10H2,1-2H3,(H,14,16). The molecular formula is C12H26N2O2. The van der Waals surface area contributed by atoms with Gasteiger partial charge in [0, 0.05) is 13.2 Å². The summed E-state index contributed by atoms with van der Waals surface area (Å²) in [6.07, 6.45) is 4.13. The number of aliphatic hydroxyl groups excluding tert-OH is 1. The van der Waals surface area contributed by atoms with Gasteiger partial charge in [-0.3, -0.25) is 4.79 Å². The fourth-order valence-corrected chi connectivity index (χ4v) is 1.30. The van der Waals surface area contributed by atoms with Crippen molar-refractivity contribution in [1.29, 1.82) is 0 Å². The third-order valence-corrected chi connectivity index (χ3v) is 2.25. The van der Waals surface area contributed by atoms with E-state index in [9.17, 15) is 4.79 Å². The zero-order chi connectivity index (χ0) is 12.2. The zero-order valence-electron chi connectivity index (χ0n) is 10.6. The Morgan fingerprint density at radius 1 is 1.19 bits per heavy atom. The second kappa shape index (κ2) is 10.9. The number of nitrogens with one attached hydrogen (secondary N) is 2. The van der Waals surface area contributed by atoms with Crippen LogP contribution >= 0.6 is 0 Å². The van der Waals surface area contributed by atoms with Crippen LogP contribution in [0.15, 0.2) is 0 Å². The molecule has 0 aliphatic carbocycles. The molecule has 0 aromatic carbocycles. The van der Waals surface area contributed by atoms with Gasteiger partial charge >= 0.3 is 0 Å². The van der Waals surface area contributed by atoms with Crippen molar-refractivity contribution in [1.82, 2.24) is 10.6 Å². The predicted molar refractivity (Wildman–Crippen MR) is 66.3 cm³/mol. The first-order valence-electron chi connectivity index (χ1n) is 6.25. The van der Waals surface area contributed by atoms with Gasteiger partial charge in [-0.05, 0) is 25.3 Å². The summed E-state index contributed by atoms with van der Waals surface area (Å²) in [6.45, 7) is 6.47. The van der Waals surface area contributed by atoms with E-state index in [-0.39, 0.29) is 12.5 Å². The molecule has 0 bridgehead atoms. The van der Waals surface area contributed by atoms with Crippen molar-refractivity contribution in [3.8, 4) is 0 Å². The quantitative estimate of drug-likeness (QED) is 0.489. The smallest absolute Gasteiger partial charge is 0.233 e. The van der Waals surface area contributed by atoms with Gasteiger partial charge in [-0.2, -0.15) is 0 Å². The van der Waals surface area contributed by atoms with Gasteiger partial charge in [0.25, 0.3) is 0 Å². The van der Waals surface area contributed by atoms with Crippen LogP contribution in [0.25, 0.3) is 0 Å². The minimum absolute atomic E-state index is 0.0732. The lowest BCUT2D eigenvalue weighted by molar-refractivity contribution is -0.120. The Morgan fingerprint density at radius 2 is 1.88 bits per heavy atom. The largest absolute Gasteiger partial charge is 0.396 e. The summed E-state index contributed by atoms with van der Waals surface area (Å²) in [7, 11) is 0. The third kappa shape index (κ3) is 11.5. The van der Waals surface area contributed by atoms with Gasteiger partial charge in [0.05, 0.1) is 6.54 Å². The van der Waals surface area contributed by atoms with Gasteiger partial charge < -0.3 is 15.7 Å². The molecule has 0 fully saturated rings. The Morgan fingerprint density at radius 3 is 2.50 bits per heavy atom. The van der Waals surface area contributed by atoms with E-state index in [1.807, 2.05) is 0 Å². The second-order valence-electron chi connectivity index (χ2n) is 4.51. The maximum absolute atomic E-state index is 11.3. The van der Waals surface area contributed by atoms with Gasteiger partial charge in [-0.15, -0.1) is 0 Å². The van der Waals surface area contributed by atoms with Crippen molar-refractivity contribution in [2.24, 2.45) is 5.92 Å². The highest BCUT2D eigenvalue weighted by Gasteiger charge is 2.00. The van der Waals surface area contributed by atoms with Crippen molar-refractivity contribution in [2.75, 3.05) is 26.2 Å². The highest BCUT2D eigenvalue weighted by Crippen LogP contribution is 1.97. The Bertz CT molecular complexity index is 172. The molecule has 4 nitrogen and oxygen atoms in total. The molecule has 0 aromatic rings. The number of carbonyl (C=O) groups excluding carboxylic acids is 1. The molecule has 0 saturated heterocycles. The minimum atomic E-state index is 0.0732. The fraction of sp³-hybridized carbons (Fsp3) is 0.917. The number of unbranched alkanes of at least 4 members (excludes halogenated alkanes) is 3. The van der Waals surface area contributed by atoms with Crippen LogP contribution < -0.4 is 10.6 Å². The number of hydrogen-bond donors (Lipinski definition) is 3. The van der Waals surface area contributed by atoms with E-state index in [2.05, 4.69) is 24.5 Å². The molecule has 0 unspecified atom stereocenters. The summed E-state index contributed by atoms with van der Waals surface area (Å²) in [5.74, 6) is 0.575. The van der Waals surface area contributed by atoms with Crippen LogP contribution in [0.2, 0.25) is 0 Å². The highest BCUT2D eigenvalue weighted by molar-refractivity contribution is 5.77. The highest BCUT2D eigenvalue weighted by atomic mass is 16.2. The van der Waals surface area contributed by atoms with E-state index in [4.69, 9.17) is 5.11 Å². The first-order valence-corrected chi connectivity index (χ1v) is 6.25. The lowest BCUT2D eigenvalue weighted by Crippen LogP contribution is -2.36. The van der Waals surface area contributed by atoms with Crippen molar-refractivity contribution in [3.63, 3.8) is 0 Å². The number of hydrogen-bond acceptors (Lipinski definition) is 3. The molecular weight excluding hydrogens is 204 g/mol. The lowest BCUT2D eigenvalue weighted by Gasteiger charge is -2.08. The minimum Gasteiger partial charge on any atom is -0.396 e. The molecule has 0 atom stereocenters. The maximum Gasteiger partial charge on any atom is 0.233 e. The number of amides is 1. The maximum atomic E-state index is 11.3. The number of carbonyl (C=O) groups is 1. The van der Waals surface area contributed by atoms with E-state index in [1.165, 1.54) is 0 Å². The van der Waals surface area contributed by atoms with Crippen LogP contribution in [0, 0.1) is 5.92 Å². The van der Waals surface area contributed by atoms with Gasteiger partial charge in [0.15, 0.2) is 0 Å². The molecule has 0 aliphatic rings. The first-order chi connectivity index (χ1) is 7.66. The molecule has 0 spiro atoms. The van der Waals surface area contributed by atoms with Crippen molar-refractivity contribution in [2.45, 2.75) is 39.5 Å². The summed E-state index contributed by atoms with van der Waals surface area (Å²) < 4.78 is 0. The molecule has 3 N–H and O–H groups in total. The van der Waals surface area contributed by atoms with E-state index >= 15 is 0 Å². The number of rotatable bonds is 10. The molecule has 0 aromatic heterocycles. The molecule has 0 heterocycles. The van der Waals surface area contributed by atoms with Crippen molar-refractivity contribution < 1.29 is 9.90 Å². The molecule has 4 heteroatoms. The fourth-order valence-electron chi connectivity index (χ4n) is 1.30. The Balaban J connectivity index is 3.15. The van der Waals surface area contributed by atoms with E-state index in [0.29, 0.717) is 12.5 Å². The molecule has 96 valence electrons. The van der Waals surface area contributed by atoms with Crippen molar-refractivity contribution >= 4 is 5.91 Å². The summed E-state index contributed by atoms with van der Waals surface area (Å²) in [4.78, 5) is 11.3. The first kappa shape index (κ1) is 15.4. The molecule has 0 radical (unpaired) electrons. The topological polar surface area (TPSA) is 61.4 Å². The summed E-state index contributed by atoms with van der Waals surface area (Å²) >= 11 is 0. The van der Waals surface area contributed by atoms with E-state index in [1.54, 1.807) is 0 Å². The van der Waals surface area contributed by atoms with Gasteiger partial charge in [-0.1, -0.05) is 26.7 Å². The summed E-state index contributed by atoms with van der Waals surface area (Å²) in [5.41, 5.74) is 0. The Labute approximate surface area is 98.8 Å². The average molecular weight is 230 g/mol. The van der Waals surface area contributed by atoms with Crippen LogP contribution in [0.4, 0.5) is 0 Å². The van der Waals surface area contributed by atoms with E-state index in [0.717, 1.165) is 38.8 Å². The SMILES string of the molecule is CC(C)CNC(=O)CNCCCCCCO.